The zero-order valence-electron chi connectivity index (χ0n) is 5.26. The topological polar surface area (TPSA) is 49.3 Å². The third kappa shape index (κ3) is 2.46. The zero-order chi connectivity index (χ0) is 6.69. The van der Waals surface area contributed by atoms with Gasteiger partial charge in [-0.2, -0.15) is 0 Å². The minimum atomic E-state index is -0.231. The lowest BCUT2D eigenvalue weighted by Crippen LogP contribution is -2.23. The first-order valence-corrected chi connectivity index (χ1v) is 3.20. The Kier molecular flexibility index (Phi) is 2.05. The van der Waals surface area contributed by atoms with Crippen molar-refractivity contribution in [2.45, 2.75) is 19.3 Å². The molecule has 0 aliphatic heterocycles. The second-order valence-corrected chi connectivity index (χ2v) is 2.41. The normalized spacial score (nSPS) is 17.4. The van der Waals surface area contributed by atoms with Crippen LogP contribution < -0.4 is 5.32 Å². The first-order chi connectivity index (χ1) is 4.33. The van der Waals surface area contributed by atoms with Gasteiger partial charge in [-0.1, -0.05) is 0 Å². The average molecular weight is 129 g/mol. The molecule has 0 aromatic rings. The van der Waals surface area contributed by atoms with E-state index in [4.69, 9.17) is 5.11 Å². The van der Waals surface area contributed by atoms with Crippen LogP contribution in [0.1, 0.15) is 19.3 Å². The van der Waals surface area contributed by atoms with E-state index in [1.165, 1.54) is 12.8 Å². The van der Waals surface area contributed by atoms with Crippen LogP contribution in [0.2, 0.25) is 0 Å². The molecule has 2 N–H and O–H groups in total. The van der Waals surface area contributed by atoms with E-state index in [2.05, 4.69) is 5.32 Å². The molecule has 0 aromatic heterocycles. The summed E-state index contributed by atoms with van der Waals surface area (Å²) in [5.41, 5.74) is 0. The SMILES string of the molecule is O=C(CC1CC1)NCO. The van der Waals surface area contributed by atoms with Gasteiger partial charge in [0.05, 0.1) is 0 Å². The van der Waals surface area contributed by atoms with Gasteiger partial charge in [0, 0.05) is 6.42 Å². The van der Waals surface area contributed by atoms with Crippen LogP contribution in [0.5, 0.6) is 0 Å². The number of amides is 1. The molecule has 1 fully saturated rings. The number of rotatable bonds is 3. The number of carbonyl (C=O) groups excluding carboxylic acids is 1. The fourth-order valence-electron chi connectivity index (χ4n) is 0.745. The van der Waals surface area contributed by atoms with E-state index in [1.807, 2.05) is 0 Å². The molecule has 1 aliphatic carbocycles. The van der Waals surface area contributed by atoms with Gasteiger partial charge in [-0.15, -0.1) is 0 Å². The molecule has 0 spiro atoms. The number of aliphatic hydroxyl groups excluding tert-OH is 1. The molecule has 0 saturated heterocycles. The third-order valence-electron chi connectivity index (χ3n) is 1.45. The lowest BCUT2D eigenvalue weighted by Gasteiger charge is -1.97. The summed E-state index contributed by atoms with van der Waals surface area (Å²) in [6, 6.07) is 0. The second kappa shape index (κ2) is 2.82. The first-order valence-electron chi connectivity index (χ1n) is 3.20. The van der Waals surface area contributed by atoms with Crippen molar-refractivity contribution in [1.29, 1.82) is 0 Å². The van der Waals surface area contributed by atoms with E-state index >= 15 is 0 Å². The van der Waals surface area contributed by atoms with E-state index in [1.54, 1.807) is 0 Å². The molecular weight excluding hydrogens is 118 g/mol. The number of nitrogens with one attached hydrogen (secondary N) is 1. The highest BCUT2D eigenvalue weighted by molar-refractivity contribution is 5.76. The average Bonchev–Trinajstić information content (AvgIpc) is 2.50. The van der Waals surface area contributed by atoms with Crippen molar-refractivity contribution in [2.75, 3.05) is 6.73 Å². The van der Waals surface area contributed by atoms with E-state index in [-0.39, 0.29) is 12.6 Å². The van der Waals surface area contributed by atoms with Crippen LogP contribution in [-0.4, -0.2) is 17.7 Å². The molecule has 1 amide bonds. The fourth-order valence-corrected chi connectivity index (χ4v) is 0.745. The summed E-state index contributed by atoms with van der Waals surface area (Å²) in [5.74, 6) is 0.580. The van der Waals surface area contributed by atoms with E-state index < -0.39 is 0 Å². The van der Waals surface area contributed by atoms with Crippen LogP contribution in [0.15, 0.2) is 0 Å². The quantitative estimate of drug-likeness (QED) is 0.521. The summed E-state index contributed by atoms with van der Waals surface area (Å²) in [4.78, 5) is 10.6. The van der Waals surface area contributed by atoms with Crippen LogP contribution in [0.4, 0.5) is 0 Å². The van der Waals surface area contributed by atoms with Gasteiger partial charge in [-0.05, 0) is 18.8 Å². The summed E-state index contributed by atoms with van der Waals surface area (Å²) in [7, 11) is 0. The van der Waals surface area contributed by atoms with Gasteiger partial charge >= 0.3 is 0 Å². The highest BCUT2D eigenvalue weighted by Gasteiger charge is 2.23. The molecule has 52 valence electrons. The number of carbonyl (C=O) groups is 1. The standard InChI is InChI=1S/C6H11NO2/c8-4-7-6(9)3-5-1-2-5/h5,8H,1-4H2,(H,7,9). The van der Waals surface area contributed by atoms with Crippen LogP contribution in [0.25, 0.3) is 0 Å². The Morgan fingerprint density at radius 3 is 2.78 bits per heavy atom. The van der Waals surface area contributed by atoms with Gasteiger partial charge < -0.3 is 10.4 Å². The minimum Gasteiger partial charge on any atom is -0.377 e. The number of hydrogen-bond acceptors (Lipinski definition) is 2. The minimum absolute atomic E-state index is 0.0278. The highest BCUT2D eigenvalue weighted by atomic mass is 16.3. The maximum Gasteiger partial charge on any atom is 0.222 e. The summed E-state index contributed by atoms with van der Waals surface area (Å²) in [6.07, 6.45) is 2.96. The largest absolute Gasteiger partial charge is 0.377 e. The Morgan fingerprint density at radius 2 is 2.33 bits per heavy atom. The molecule has 9 heavy (non-hydrogen) atoms. The van der Waals surface area contributed by atoms with Crippen LogP contribution in [0, 0.1) is 5.92 Å². The molecule has 1 aliphatic rings. The summed E-state index contributed by atoms with van der Waals surface area (Å²) >= 11 is 0. The van der Waals surface area contributed by atoms with Crippen LogP contribution >= 0.6 is 0 Å². The molecule has 3 nitrogen and oxygen atoms in total. The molecular formula is C6H11NO2. The lowest BCUT2D eigenvalue weighted by molar-refractivity contribution is -0.122. The van der Waals surface area contributed by atoms with Gasteiger partial charge in [0.1, 0.15) is 6.73 Å². The Morgan fingerprint density at radius 1 is 1.67 bits per heavy atom. The van der Waals surface area contributed by atoms with Crippen molar-refractivity contribution in [3.8, 4) is 0 Å². The van der Waals surface area contributed by atoms with E-state index in [0.29, 0.717) is 12.3 Å². The molecule has 0 aromatic carbocycles. The molecule has 0 bridgehead atoms. The molecule has 1 rings (SSSR count). The smallest absolute Gasteiger partial charge is 0.222 e. The summed E-state index contributed by atoms with van der Waals surface area (Å²) < 4.78 is 0. The van der Waals surface area contributed by atoms with Crippen LogP contribution in [-0.2, 0) is 4.79 Å². The van der Waals surface area contributed by atoms with Gasteiger partial charge in [-0.3, -0.25) is 4.79 Å². The summed E-state index contributed by atoms with van der Waals surface area (Å²) in [6.45, 7) is -0.231. The van der Waals surface area contributed by atoms with Crippen molar-refractivity contribution < 1.29 is 9.90 Å². The Bertz CT molecular complexity index is 110. The van der Waals surface area contributed by atoms with Crippen molar-refractivity contribution >= 4 is 5.91 Å². The van der Waals surface area contributed by atoms with Crippen molar-refractivity contribution in [1.82, 2.24) is 5.32 Å². The first kappa shape index (κ1) is 6.55. The number of aliphatic hydroxyl groups is 1. The molecule has 0 heterocycles. The summed E-state index contributed by atoms with van der Waals surface area (Å²) in [5, 5.41) is 10.6. The highest BCUT2D eigenvalue weighted by Crippen LogP contribution is 2.31. The maximum absolute atomic E-state index is 10.6. The van der Waals surface area contributed by atoms with Crippen LogP contribution in [0.3, 0.4) is 0 Å². The Labute approximate surface area is 54.1 Å². The molecule has 0 unspecified atom stereocenters. The Hall–Kier alpha value is -0.570. The monoisotopic (exact) mass is 129 g/mol. The molecule has 0 radical (unpaired) electrons. The third-order valence-corrected chi connectivity index (χ3v) is 1.45. The van der Waals surface area contributed by atoms with Crippen molar-refractivity contribution in [3.63, 3.8) is 0 Å². The molecule has 3 heteroatoms. The maximum atomic E-state index is 10.6. The number of hydrogen-bond donors (Lipinski definition) is 2. The predicted molar refractivity (Wildman–Crippen MR) is 32.6 cm³/mol. The van der Waals surface area contributed by atoms with Crippen molar-refractivity contribution in [3.05, 3.63) is 0 Å². The zero-order valence-corrected chi connectivity index (χ0v) is 5.26. The van der Waals surface area contributed by atoms with Gasteiger partial charge in [0.25, 0.3) is 0 Å². The van der Waals surface area contributed by atoms with Crippen molar-refractivity contribution in [2.24, 2.45) is 5.92 Å². The second-order valence-electron chi connectivity index (χ2n) is 2.41. The molecule has 0 atom stereocenters. The van der Waals surface area contributed by atoms with E-state index in [0.717, 1.165) is 0 Å². The Balaban J connectivity index is 2.02. The lowest BCUT2D eigenvalue weighted by atomic mass is 10.3. The van der Waals surface area contributed by atoms with Gasteiger partial charge in [-0.25, -0.2) is 0 Å². The molecule has 1 saturated carbocycles. The van der Waals surface area contributed by atoms with Gasteiger partial charge in [0.2, 0.25) is 5.91 Å². The van der Waals surface area contributed by atoms with E-state index in [9.17, 15) is 4.79 Å². The fraction of sp³-hybridized carbons (Fsp3) is 0.833. The van der Waals surface area contributed by atoms with Gasteiger partial charge in [0.15, 0.2) is 0 Å². The predicted octanol–water partition coefficient (Wildman–Crippen LogP) is -0.148.